The van der Waals surface area contributed by atoms with Crippen molar-refractivity contribution in [1.82, 2.24) is 40.4 Å². The Labute approximate surface area is 312 Å². The minimum Gasteiger partial charge on any atom is -0.453 e. The van der Waals surface area contributed by atoms with Gasteiger partial charge in [-0.2, -0.15) is 0 Å². The van der Waals surface area contributed by atoms with Crippen LogP contribution in [-0.4, -0.2) is 97.4 Å². The highest BCUT2D eigenvalue weighted by Crippen LogP contribution is 2.42. The molecular weight excluding hydrogens is 688 g/mol. The highest BCUT2D eigenvalue weighted by molar-refractivity contribution is 5.88. The number of rotatable bonds is 10. The molecule has 3 aliphatic rings. The van der Waals surface area contributed by atoms with Crippen molar-refractivity contribution in [3.05, 3.63) is 96.2 Å². The van der Waals surface area contributed by atoms with Gasteiger partial charge >= 0.3 is 6.09 Å². The number of amides is 2. The Morgan fingerprint density at radius 1 is 0.889 bits per heavy atom. The number of H-pyrrole nitrogens is 2. The average molecular weight is 735 g/mol. The second-order valence-corrected chi connectivity index (χ2v) is 14.3. The number of nitrogens with one attached hydrogen (secondary N) is 4. The number of aromatic amines is 2. The van der Waals surface area contributed by atoms with Crippen molar-refractivity contribution in [3.63, 3.8) is 0 Å². The van der Waals surface area contributed by atoms with E-state index in [2.05, 4.69) is 55.8 Å². The van der Waals surface area contributed by atoms with Crippen LogP contribution in [0.25, 0.3) is 33.4 Å². The van der Waals surface area contributed by atoms with E-state index in [1.54, 1.807) is 4.90 Å². The molecule has 3 aliphatic heterocycles. The molecule has 5 heterocycles. The molecule has 54 heavy (non-hydrogen) atoms. The Bertz CT molecular complexity index is 2090. The second kappa shape index (κ2) is 15.3. The van der Waals surface area contributed by atoms with Crippen molar-refractivity contribution in [1.29, 1.82) is 0 Å². The smallest absolute Gasteiger partial charge is 0.407 e. The maximum Gasteiger partial charge on any atom is 0.407 e. The summed E-state index contributed by atoms with van der Waals surface area (Å²) in [7, 11) is 2.71. The van der Waals surface area contributed by atoms with Gasteiger partial charge in [0.1, 0.15) is 23.9 Å². The van der Waals surface area contributed by atoms with E-state index in [-0.39, 0.29) is 30.1 Å². The number of fused-ring (bicyclic) bond motifs is 2. The number of alkyl carbamates (subject to hydrolysis) is 1. The van der Waals surface area contributed by atoms with Gasteiger partial charge in [-0.1, -0.05) is 60.7 Å². The molecule has 14 heteroatoms. The fourth-order valence-corrected chi connectivity index (χ4v) is 8.48. The topological polar surface area (TPSA) is 181 Å². The first-order valence-corrected chi connectivity index (χ1v) is 18.6. The van der Waals surface area contributed by atoms with Crippen LogP contribution in [0.1, 0.15) is 73.9 Å². The van der Waals surface area contributed by atoms with Gasteiger partial charge in [0.15, 0.2) is 0 Å². The predicted molar refractivity (Wildman–Crippen MR) is 200 cm³/mol. The summed E-state index contributed by atoms with van der Waals surface area (Å²) < 4.78 is 9.79. The van der Waals surface area contributed by atoms with Crippen LogP contribution in [0.15, 0.2) is 79.0 Å². The highest BCUT2D eigenvalue weighted by Gasteiger charge is 2.46. The van der Waals surface area contributed by atoms with Gasteiger partial charge in [0, 0.05) is 19.7 Å². The van der Waals surface area contributed by atoms with Crippen LogP contribution >= 0.6 is 0 Å². The molecule has 0 aliphatic carbocycles. The fourth-order valence-electron chi connectivity index (χ4n) is 8.48. The highest BCUT2D eigenvalue weighted by atomic mass is 16.6. The summed E-state index contributed by atoms with van der Waals surface area (Å²) in [5, 5.41) is 26.9. The zero-order valence-electron chi connectivity index (χ0n) is 30.3. The molecule has 3 fully saturated rings. The van der Waals surface area contributed by atoms with E-state index < -0.39 is 24.8 Å². The van der Waals surface area contributed by atoms with Crippen LogP contribution in [-0.2, 0) is 14.3 Å². The molecular formula is C40H46N8O6. The van der Waals surface area contributed by atoms with Gasteiger partial charge in [-0.3, -0.25) is 15.0 Å². The monoisotopic (exact) mass is 734 g/mol. The molecule has 3 aromatic carbocycles. The quantitative estimate of drug-likeness (QED) is 0.108. The lowest BCUT2D eigenvalue weighted by atomic mass is 9.97. The summed E-state index contributed by atoms with van der Waals surface area (Å²) in [6.45, 7) is 0.557. The van der Waals surface area contributed by atoms with Crippen LogP contribution in [0.5, 0.6) is 0 Å². The SMILES string of the molecule is COC(=O)NC(C(=O)N1CCCC1c1nc2ccc(-c3ccc(-c4cnc(C5CCC6CCC(NC(O)OC)C(O)N65)[nH]4)cc3)cc2[nH]1)c1ccccc1. The molecule has 7 unspecified atom stereocenters. The first-order valence-electron chi connectivity index (χ1n) is 18.6. The molecule has 5 aromatic rings. The first kappa shape index (κ1) is 35.9. The van der Waals surface area contributed by atoms with Crippen molar-refractivity contribution >= 4 is 23.0 Å². The Morgan fingerprint density at radius 3 is 2.43 bits per heavy atom. The minimum absolute atomic E-state index is 0.0513. The third kappa shape index (κ3) is 6.98. The summed E-state index contributed by atoms with van der Waals surface area (Å²) in [5.74, 6) is 1.33. The number of aliphatic hydroxyl groups excluding tert-OH is 2. The van der Waals surface area contributed by atoms with E-state index in [0.717, 1.165) is 77.8 Å². The molecule has 2 aromatic heterocycles. The van der Waals surface area contributed by atoms with E-state index in [9.17, 15) is 19.8 Å². The maximum atomic E-state index is 13.9. The zero-order chi connectivity index (χ0) is 37.3. The number of piperidine rings is 1. The lowest BCUT2D eigenvalue weighted by molar-refractivity contribution is -0.142. The van der Waals surface area contributed by atoms with Crippen molar-refractivity contribution in [2.75, 3.05) is 20.8 Å². The Hall–Kier alpha value is -5.12. The van der Waals surface area contributed by atoms with Crippen molar-refractivity contribution in [2.45, 2.75) is 81.4 Å². The number of hydrogen-bond acceptors (Lipinski definition) is 10. The van der Waals surface area contributed by atoms with Crippen molar-refractivity contribution in [2.24, 2.45) is 0 Å². The van der Waals surface area contributed by atoms with Crippen LogP contribution in [0, 0.1) is 0 Å². The summed E-state index contributed by atoms with van der Waals surface area (Å²) in [6, 6.07) is 22.4. The number of hydrogen-bond donors (Lipinski definition) is 6. The summed E-state index contributed by atoms with van der Waals surface area (Å²) in [5.41, 5.74) is 6.34. The largest absolute Gasteiger partial charge is 0.453 e. The van der Waals surface area contributed by atoms with Crippen molar-refractivity contribution in [3.8, 4) is 22.4 Å². The van der Waals surface area contributed by atoms with Crippen LogP contribution in [0.4, 0.5) is 4.79 Å². The first-order chi connectivity index (χ1) is 26.3. The number of carbonyl (C=O) groups excluding carboxylic acids is 2. The predicted octanol–water partition coefficient (Wildman–Crippen LogP) is 4.88. The average Bonchev–Trinajstić information content (AvgIpc) is 4.03. The van der Waals surface area contributed by atoms with Gasteiger partial charge < -0.3 is 39.9 Å². The van der Waals surface area contributed by atoms with Gasteiger partial charge in [0.2, 0.25) is 6.41 Å². The lowest BCUT2D eigenvalue weighted by Crippen LogP contribution is -2.58. The molecule has 8 rings (SSSR count). The van der Waals surface area contributed by atoms with E-state index >= 15 is 0 Å². The van der Waals surface area contributed by atoms with Crippen LogP contribution < -0.4 is 10.6 Å². The number of benzene rings is 3. The Morgan fingerprint density at radius 2 is 1.65 bits per heavy atom. The number of likely N-dealkylation sites (tertiary alicyclic amines) is 1. The molecule has 0 radical (unpaired) electrons. The zero-order valence-corrected chi connectivity index (χ0v) is 30.3. The van der Waals surface area contributed by atoms with E-state index in [1.165, 1.54) is 14.2 Å². The minimum atomic E-state index is -1.13. The van der Waals surface area contributed by atoms with Gasteiger partial charge in [0.25, 0.3) is 5.91 Å². The maximum absolute atomic E-state index is 13.9. The van der Waals surface area contributed by atoms with E-state index in [4.69, 9.17) is 19.4 Å². The van der Waals surface area contributed by atoms with Gasteiger partial charge in [-0.15, -0.1) is 0 Å². The van der Waals surface area contributed by atoms with E-state index in [1.807, 2.05) is 48.7 Å². The standard InChI is InChI=1S/C40H46N8O6/c1-53-39(51)45-29-18-15-27-16-19-33(48(27)37(29)49)35-41-22-31(44-35)24-12-10-23(11-13-24)26-14-17-28-30(21-26)43-36(42-28)32-9-6-20-47(32)38(50)34(46-40(52)54-2)25-7-4-3-5-8-25/h3-5,7-8,10-14,17,21-22,27,29,32-34,37,39,45,49,51H,6,9,15-16,18-20H2,1-2H3,(H,41,44)(H,42,43)(H,46,52). The molecule has 0 spiro atoms. The molecule has 0 saturated carbocycles. The molecule has 0 bridgehead atoms. The Kier molecular flexibility index (Phi) is 10.2. The number of aromatic nitrogens is 4. The van der Waals surface area contributed by atoms with Gasteiger partial charge in [0.05, 0.1) is 48.2 Å². The second-order valence-electron chi connectivity index (χ2n) is 14.3. The number of nitrogens with zero attached hydrogens (tertiary/aromatic N) is 4. The van der Waals surface area contributed by atoms with Crippen LogP contribution in [0.2, 0.25) is 0 Å². The fraction of sp³-hybridized carbons (Fsp3) is 0.400. The number of aliphatic hydroxyl groups is 2. The normalized spacial score (nSPS) is 24.0. The summed E-state index contributed by atoms with van der Waals surface area (Å²) >= 11 is 0. The number of methoxy groups -OCH3 is 2. The number of carbonyl (C=O) groups is 2. The number of imidazole rings is 2. The summed E-state index contributed by atoms with van der Waals surface area (Å²) in [4.78, 5) is 46.7. The lowest BCUT2D eigenvalue weighted by Gasteiger charge is -2.43. The third-order valence-electron chi connectivity index (χ3n) is 11.2. The van der Waals surface area contributed by atoms with Gasteiger partial charge in [-0.25, -0.2) is 14.8 Å². The van der Waals surface area contributed by atoms with E-state index in [0.29, 0.717) is 17.9 Å². The van der Waals surface area contributed by atoms with Crippen LogP contribution in [0.3, 0.4) is 0 Å². The Balaban J connectivity index is 0.969. The molecule has 14 nitrogen and oxygen atoms in total. The van der Waals surface area contributed by atoms with Crippen molar-refractivity contribution < 1.29 is 29.3 Å². The molecule has 2 amide bonds. The number of ether oxygens (including phenoxy) is 2. The molecule has 7 atom stereocenters. The summed E-state index contributed by atoms with van der Waals surface area (Å²) in [6.07, 6.45) is 4.42. The molecule has 3 saturated heterocycles. The van der Waals surface area contributed by atoms with Gasteiger partial charge in [-0.05, 0) is 72.9 Å². The molecule has 6 N–H and O–H groups in total. The third-order valence-corrected chi connectivity index (χ3v) is 11.2. The molecule has 282 valence electrons.